The van der Waals surface area contributed by atoms with E-state index in [9.17, 15) is 9.59 Å². The standard InChI is InChI=1S/C25H32N4O3/c1-18-16-28(17-19(2)32-18)22-12-11-20(14-26-22)15-27-25(31)24(21-8-4-3-5-9-21)29-13-7-6-10-23(29)30/h3-5,8-9,11-12,14,18-19,24H,6-7,10,13,15-17H2,1-2H3,(H,27,31). The minimum absolute atomic E-state index is 0.0419. The molecule has 4 rings (SSSR count). The zero-order chi connectivity index (χ0) is 22.5. The van der Waals surface area contributed by atoms with Gasteiger partial charge in [-0.3, -0.25) is 9.59 Å². The quantitative estimate of drug-likeness (QED) is 0.753. The average molecular weight is 437 g/mol. The first-order valence-corrected chi connectivity index (χ1v) is 11.5. The van der Waals surface area contributed by atoms with Crippen LogP contribution in [0.5, 0.6) is 0 Å². The van der Waals surface area contributed by atoms with E-state index in [1.807, 2.05) is 48.7 Å². The third-order valence-corrected chi connectivity index (χ3v) is 6.05. The van der Waals surface area contributed by atoms with E-state index in [0.29, 0.717) is 19.5 Å². The van der Waals surface area contributed by atoms with Crippen LogP contribution in [0, 0.1) is 0 Å². The van der Waals surface area contributed by atoms with Gasteiger partial charge in [0.05, 0.1) is 12.2 Å². The average Bonchev–Trinajstić information content (AvgIpc) is 2.79. The fourth-order valence-electron chi connectivity index (χ4n) is 4.57. The summed E-state index contributed by atoms with van der Waals surface area (Å²) in [5.74, 6) is 0.801. The number of morpholine rings is 1. The molecule has 7 heteroatoms. The van der Waals surface area contributed by atoms with Crippen molar-refractivity contribution in [2.75, 3.05) is 24.5 Å². The van der Waals surface area contributed by atoms with Crippen LogP contribution in [0.4, 0.5) is 5.82 Å². The van der Waals surface area contributed by atoms with Crippen molar-refractivity contribution in [1.82, 2.24) is 15.2 Å². The second-order valence-corrected chi connectivity index (χ2v) is 8.76. The number of ether oxygens (including phenoxy) is 1. The number of hydrogen-bond acceptors (Lipinski definition) is 5. The molecule has 2 fully saturated rings. The van der Waals surface area contributed by atoms with Gasteiger partial charge in [-0.25, -0.2) is 4.98 Å². The van der Waals surface area contributed by atoms with Gasteiger partial charge in [-0.1, -0.05) is 36.4 Å². The number of amides is 2. The first-order chi connectivity index (χ1) is 15.5. The minimum Gasteiger partial charge on any atom is -0.372 e. The van der Waals surface area contributed by atoms with Crippen molar-refractivity contribution in [1.29, 1.82) is 0 Å². The van der Waals surface area contributed by atoms with Gasteiger partial charge in [0.25, 0.3) is 0 Å². The molecule has 1 aromatic heterocycles. The number of piperidine rings is 1. The highest BCUT2D eigenvalue weighted by molar-refractivity contribution is 5.89. The first kappa shape index (κ1) is 22.3. The van der Waals surface area contributed by atoms with Crippen molar-refractivity contribution in [2.45, 2.75) is 57.9 Å². The number of carbonyl (C=O) groups is 2. The summed E-state index contributed by atoms with van der Waals surface area (Å²) in [6, 6.07) is 12.9. The van der Waals surface area contributed by atoms with Crippen LogP contribution in [-0.4, -0.2) is 53.5 Å². The molecular weight excluding hydrogens is 404 g/mol. The number of rotatable bonds is 6. The normalized spacial score (nSPS) is 22.5. The predicted octanol–water partition coefficient (Wildman–Crippen LogP) is 3.07. The Bertz CT molecular complexity index is 909. The van der Waals surface area contributed by atoms with Crippen molar-refractivity contribution in [3.05, 3.63) is 59.8 Å². The molecule has 1 N–H and O–H groups in total. The molecule has 3 heterocycles. The Morgan fingerprint density at radius 1 is 1.12 bits per heavy atom. The Hall–Kier alpha value is -2.93. The predicted molar refractivity (Wildman–Crippen MR) is 123 cm³/mol. The summed E-state index contributed by atoms with van der Waals surface area (Å²) in [7, 11) is 0. The number of pyridine rings is 1. The first-order valence-electron chi connectivity index (χ1n) is 11.5. The number of nitrogens with zero attached hydrogens (tertiary/aromatic N) is 3. The summed E-state index contributed by atoms with van der Waals surface area (Å²) in [5.41, 5.74) is 1.76. The Kier molecular flexibility index (Phi) is 7.05. The molecule has 1 aromatic carbocycles. The number of anilines is 1. The molecule has 0 radical (unpaired) electrons. The molecule has 170 valence electrons. The molecule has 0 bridgehead atoms. The molecule has 3 atom stereocenters. The van der Waals surface area contributed by atoms with Crippen LogP contribution >= 0.6 is 0 Å². The summed E-state index contributed by atoms with van der Waals surface area (Å²) in [6.45, 7) is 6.75. The maximum Gasteiger partial charge on any atom is 0.247 e. The third-order valence-electron chi connectivity index (χ3n) is 6.05. The molecule has 2 aliphatic heterocycles. The van der Waals surface area contributed by atoms with Crippen molar-refractivity contribution in [2.24, 2.45) is 0 Å². The lowest BCUT2D eigenvalue weighted by atomic mass is 10.0. The SMILES string of the molecule is CC1CN(c2ccc(CNC(=O)C(c3ccccc3)N3CCCCC3=O)cn2)CC(C)O1. The molecule has 2 aliphatic rings. The summed E-state index contributed by atoms with van der Waals surface area (Å²) in [4.78, 5) is 34.3. The molecule has 2 amide bonds. The smallest absolute Gasteiger partial charge is 0.247 e. The van der Waals surface area contributed by atoms with Gasteiger partial charge in [0.2, 0.25) is 11.8 Å². The summed E-state index contributed by atoms with van der Waals surface area (Å²) in [5, 5.41) is 3.02. The Morgan fingerprint density at radius 3 is 2.53 bits per heavy atom. The fraction of sp³-hybridized carbons (Fsp3) is 0.480. The van der Waals surface area contributed by atoms with E-state index >= 15 is 0 Å². The highest BCUT2D eigenvalue weighted by atomic mass is 16.5. The summed E-state index contributed by atoms with van der Waals surface area (Å²) in [6.07, 6.45) is 4.47. The van der Waals surface area contributed by atoms with Crippen molar-refractivity contribution in [3.8, 4) is 0 Å². The number of carbonyl (C=O) groups excluding carboxylic acids is 2. The number of benzene rings is 1. The second kappa shape index (κ2) is 10.1. The summed E-state index contributed by atoms with van der Waals surface area (Å²) >= 11 is 0. The highest BCUT2D eigenvalue weighted by Crippen LogP contribution is 2.26. The van der Waals surface area contributed by atoms with Gasteiger partial charge >= 0.3 is 0 Å². The lowest BCUT2D eigenvalue weighted by molar-refractivity contribution is -0.142. The van der Waals surface area contributed by atoms with Crippen molar-refractivity contribution < 1.29 is 14.3 Å². The van der Waals surface area contributed by atoms with Crippen LogP contribution in [0.2, 0.25) is 0 Å². The monoisotopic (exact) mass is 436 g/mol. The van der Waals surface area contributed by atoms with Gasteiger partial charge in [-0.2, -0.15) is 0 Å². The van der Waals surface area contributed by atoms with Gasteiger partial charge in [0.1, 0.15) is 11.9 Å². The van der Waals surface area contributed by atoms with E-state index in [4.69, 9.17) is 4.74 Å². The van der Waals surface area contributed by atoms with Gasteiger partial charge in [0, 0.05) is 38.8 Å². The zero-order valence-electron chi connectivity index (χ0n) is 18.9. The van der Waals surface area contributed by atoms with Crippen LogP contribution < -0.4 is 10.2 Å². The molecular formula is C25H32N4O3. The van der Waals surface area contributed by atoms with E-state index in [0.717, 1.165) is 42.9 Å². The largest absolute Gasteiger partial charge is 0.372 e. The third kappa shape index (κ3) is 5.27. The Labute approximate surface area is 189 Å². The summed E-state index contributed by atoms with van der Waals surface area (Å²) < 4.78 is 5.80. The van der Waals surface area contributed by atoms with Crippen LogP contribution in [0.1, 0.15) is 50.3 Å². The van der Waals surface area contributed by atoms with E-state index in [1.54, 1.807) is 4.90 Å². The molecule has 0 saturated carbocycles. The number of hydrogen-bond donors (Lipinski definition) is 1. The van der Waals surface area contributed by atoms with Crippen LogP contribution in [0.15, 0.2) is 48.7 Å². The number of nitrogens with one attached hydrogen (secondary N) is 1. The zero-order valence-corrected chi connectivity index (χ0v) is 18.9. The highest BCUT2D eigenvalue weighted by Gasteiger charge is 2.32. The van der Waals surface area contributed by atoms with Crippen LogP contribution in [0.3, 0.4) is 0 Å². The van der Waals surface area contributed by atoms with Crippen LogP contribution in [0.25, 0.3) is 0 Å². The minimum atomic E-state index is -0.604. The lowest BCUT2D eigenvalue weighted by Gasteiger charge is -2.36. The molecule has 0 spiro atoms. The second-order valence-electron chi connectivity index (χ2n) is 8.76. The van der Waals surface area contributed by atoms with Gasteiger partial charge in [-0.05, 0) is 43.9 Å². The van der Waals surface area contributed by atoms with Gasteiger partial charge in [0.15, 0.2) is 0 Å². The van der Waals surface area contributed by atoms with E-state index in [1.165, 1.54) is 0 Å². The molecule has 3 unspecified atom stereocenters. The maximum atomic E-state index is 13.2. The molecule has 7 nitrogen and oxygen atoms in total. The number of aromatic nitrogens is 1. The molecule has 0 aliphatic carbocycles. The van der Waals surface area contributed by atoms with Crippen molar-refractivity contribution >= 4 is 17.6 Å². The Balaban J connectivity index is 1.42. The van der Waals surface area contributed by atoms with E-state index in [-0.39, 0.29) is 24.0 Å². The molecule has 2 aromatic rings. The topological polar surface area (TPSA) is 74.8 Å². The number of likely N-dealkylation sites (tertiary alicyclic amines) is 1. The maximum absolute atomic E-state index is 13.2. The van der Waals surface area contributed by atoms with E-state index in [2.05, 4.69) is 29.0 Å². The molecule has 2 saturated heterocycles. The van der Waals surface area contributed by atoms with Crippen LogP contribution in [-0.2, 0) is 20.9 Å². The Morgan fingerprint density at radius 2 is 1.88 bits per heavy atom. The van der Waals surface area contributed by atoms with Crippen molar-refractivity contribution in [3.63, 3.8) is 0 Å². The van der Waals surface area contributed by atoms with E-state index < -0.39 is 6.04 Å². The molecule has 32 heavy (non-hydrogen) atoms. The fourth-order valence-corrected chi connectivity index (χ4v) is 4.57. The van der Waals surface area contributed by atoms with Gasteiger partial charge in [-0.15, -0.1) is 0 Å². The lowest BCUT2D eigenvalue weighted by Crippen LogP contribution is -2.46. The van der Waals surface area contributed by atoms with Gasteiger partial charge < -0.3 is 19.9 Å².